The summed E-state index contributed by atoms with van der Waals surface area (Å²) in [4.78, 5) is 10.4. The average molecular weight is 220 g/mol. The summed E-state index contributed by atoms with van der Waals surface area (Å²) >= 11 is 0. The second-order valence-corrected chi connectivity index (χ2v) is 4.23. The summed E-state index contributed by atoms with van der Waals surface area (Å²) in [5.41, 5.74) is 1.72. The summed E-state index contributed by atoms with van der Waals surface area (Å²) in [6, 6.07) is 5.16. The van der Waals surface area contributed by atoms with E-state index in [1.807, 2.05) is 12.1 Å². The lowest BCUT2D eigenvalue weighted by Crippen LogP contribution is -2.04. The number of hydrogen-bond donors (Lipinski definition) is 1. The van der Waals surface area contributed by atoms with Crippen LogP contribution in [0.5, 0.6) is 0 Å². The first-order valence-electron chi connectivity index (χ1n) is 5.35. The number of nitro groups is 1. The first-order valence-corrected chi connectivity index (χ1v) is 5.35. The molecule has 1 aliphatic rings. The first kappa shape index (κ1) is 11.1. The highest BCUT2D eigenvalue weighted by Crippen LogP contribution is 2.42. The molecular weight excluding hydrogens is 206 g/mol. The fraction of sp³-hybridized carbons (Fsp3) is 0.417. The molecule has 16 heavy (non-hydrogen) atoms. The zero-order valence-electron chi connectivity index (χ0n) is 8.93. The van der Waals surface area contributed by atoms with Crippen molar-refractivity contribution in [2.45, 2.75) is 24.7 Å². The third-order valence-electron chi connectivity index (χ3n) is 2.96. The average Bonchev–Trinajstić information content (AvgIpc) is 3.11. The summed E-state index contributed by atoms with van der Waals surface area (Å²) in [6.07, 6.45) is 2.30. The van der Waals surface area contributed by atoms with Crippen LogP contribution in [0.3, 0.4) is 0 Å². The maximum absolute atomic E-state index is 10.8. The maximum Gasteiger partial charge on any atom is 0.272 e. The molecule has 0 aliphatic heterocycles. The summed E-state index contributed by atoms with van der Waals surface area (Å²) in [5, 5.41) is 19.9. The fourth-order valence-corrected chi connectivity index (χ4v) is 1.84. The number of nitro benzene ring substituents is 1. The van der Waals surface area contributed by atoms with E-state index in [0.29, 0.717) is 11.5 Å². The van der Waals surface area contributed by atoms with E-state index in [4.69, 9.17) is 5.11 Å². The Bertz CT molecular complexity index is 413. The van der Waals surface area contributed by atoms with Gasteiger partial charge in [-0.1, -0.05) is 6.07 Å². The van der Waals surface area contributed by atoms with Gasteiger partial charge in [-0.2, -0.15) is 0 Å². The molecule has 0 spiro atoms. The topological polar surface area (TPSA) is 63.4 Å². The van der Waals surface area contributed by atoms with E-state index in [9.17, 15) is 10.1 Å². The minimum Gasteiger partial charge on any atom is -0.396 e. The van der Waals surface area contributed by atoms with Gasteiger partial charge in [0.1, 0.15) is 0 Å². The summed E-state index contributed by atoms with van der Waals surface area (Å²) in [5.74, 6) is 0.115. The van der Waals surface area contributed by atoms with Gasteiger partial charge in [-0.05, 0) is 37.3 Å². The van der Waals surface area contributed by atoms with Gasteiger partial charge in [-0.15, -0.1) is 0 Å². The van der Waals surface area contributed by atoms with Crippen molar-refractivity contribution in [1.29, 1.82) is 0 Å². The van der Waals surface area contributed by atoms with Crippen molar-refractivity contribution in [1.82, 2.24) is 0 Å². The van der Waals surface area contributed by atoms with Crippen molar-refractivity contribution in [3.8, 4) is 0 Å². The van der Waals surface area contributed by atoms with Crippen LogP contribution in [0.4, 0.5) is 5.69 Å². The molecule has 1 N–H and O–H groups in total. The largest absolute Gasteiger partial charge is 0.396 e. The highest BCUT2D eigenvalue weighted by atomic mass is 16.6. The van der Waals surface area contributed by atoms with Gasteiger partial charge in [0.05, 0.1) is 11.5 Å². The highest BCUT2D eigenvalue weighted by molar-refractivity contribution is 5.47. The SMILES string of the molecule is [CH2]C(CO)c1cc(C2CC2)ccc1[N+](=O)[O-]. The van der Waals surface area contributed by atoms with Crippen molar-refractivity contribution in [3.63, 3.8) is 0 Å². The molecule has 0 bridgehead atoms. The van der Waals surface area contributed by atoms with Crippen molar-refractivity contribution >= 4 is 5.69 Å². The van der Waals surface area contributed by atoms with E-state index in [1.54, 1.807) is 0 Å². The van der Waals surface area contributed by atoms with Gasteiger partial charge >= 0.3 is 0 Å². The Hall–Kier alpha value is -1.42. The monoisotopic (exact) mass is 220 g/mol. The zero-order chi connectivity index (χ0) is 11.7. The molecule has 0 amide bonds. The molecule has 2 rings (SSSR count). The van der Waals surface area contributed by atoms with Crippen LogP contribution < -0.4 is 0 Å². The molecular formula is C12H14NO3. The second kappa shape index (κ2) is 4.22. The predicted molar refractivity (Wildman–Crippen MR) is 60.3 cm³/mol. The van der Waals surface area contributed by atoms with Crippen LogP contribution in [0.1, 0.15) is 35.8 Å². The molecule has 4 nitrogen and oxygen atoms in total. The molecule has 4 heteroatoms. The fourth-order valence-electron chi connectivity index (χ4n) is 1.84. The van der Waals surface area contributed by atoms with Crippen molar-refractivity contribution in [3.05, 3.63) is 46.4 Å². The molecule has 1 saturated carbocycles. The van der Waals surface area contributed by atoms with Gasteiger partial charge in [0.2, 0.25) is 0 Å². The minimum atomic E-state index is -0.431. The number of aliphatic hydroxyl groups excluding tert-OH is 1. The van der Waals surface area contributed by atoms with Crippen LogP contribution >= 0.6 is 0 Å². The van der Waals surface area contributed by atoms with E-state index in [2.05, 4.69) is 6.92 Å². The standard InChI is InChI=1S/C12H14NO3/c1-8(7-14)11-6-10(9-2-3-9)4-5-12(11)13(15)16/h4-6,8-9,14H,1-3,7H2. The van der Waals surface area contributed by atoms with Gasteiger partial charge in [0, 0.05) is 17.5 Å². The maximum atomic E-state index is 10.8. The highest BCUT2D eigenvalue weighted by Gasteiger charge is 2.27. The van der Waals surface area contributed by atoms with Crippen LogP contribution in [0.15, 0.2) is 18.2 Å². The van der Waals surface area contributed by atoms with E-state index in [-0.39, 0.29) is 12.3 Å². The Morgan fingerprint density at radius 2 is 2.25 bits per heavy atom. The molecule has 0 aromatic heterocycles. The number of benzene rings is 1. The third-order valence-corrected chi connectivity index (χ3v) is 2.96. The number of rotatable bonds is 4. The van der Waals surface area contributed by atoms with Gasteiger partial charge in [0.15, 0.2) is 0 Å². The summed E-state index contributed by atoms with van der Waals surface area (Å²) in [7, 11) is 0. The molecule has 1 atom stereocenters. The van der Waals surface area contributed by atoms with Crippen molar-refractivity contribution in [2.75, 3.05) is 6.61 Å². The lowest BCUT2D eigenvalue weighted by atomic mass is 9.96. The first-order chi connectivity index (χ1) is 7.63. The van der Waals surface area contributed by atoms with E-state index in [1.165, 1.54) is 6.07 Å². The van der Waals surface area contributed by atoms with Gasteiger partial charge in [-0.25, -0.2) is 0 Å². The van der Waals surface area contributed by atoms with Crippen LogP contribution in [0, 0.1) is 17.0 Å². The predicted octanol–water partition coefficient (Wildman–Crippen LogP) is 2.38. The van der Waals surface area contributed by atoms with E-state index >= 15 is 0 Å². The Morgan fingerprint density at radius 3 is 2.75 bits per heavy atom. The zero-order valence-corrected chi connectivity index (χ0v) is 8.93. The third kappa shape index (κ3) is 2.07. The van der Waals surface area contributed by atoms with Crippen molar-refractivity contribution < 1.29 is 10.0 Å². The quantitative estimate of drug-likeness (QED) is 0.626. The number of nitrogens with zero attached hydrogens (tertiary/aromatic N) is 1. The van der Waals surface area contributed by atoms with Gasteiger partial charge < -0.3 is 5.11 Å². The molecule has 1 aliphatic carbocycles. The van der Waals surface area contributed by atoms with Crippen LogP contribution in [0.25, 0.3) is 0 Å². The van der Waals surface area contributed by atoms with Crippen LogP contribution in [-0.2, 0) is 0 Å². The second-order valence-electron chi connectivity index (χ2n) is 4.23. The minimum absolute atomic E-state index is 0.0541. The number of hydrogen-bond acceptors (Lipinski definition) is 3. The number of aliphatic hydroxyl groups is 1. The molecule has 1 aromatic rings. The van der Waals surface area contributed by atoms with Crippen LogP contribution in [0.2, 0.25) is 0 Å². The Balaban J connectivity index is 2.41. The molecule has 85 valence electrons. The molecule has 1 radical (unpaired) electrons. The molecule has 1 fully saturated rings. The Labute approximate surface area is 94.1 Å². The summed E-state index contributed by atoms with van der Waals surface area (Å²) < 4.78 is 0. The lowest BCUT2D eigenvalue weighted by molar-refractivity contribution is -0.385. The van der Waals surface area contributed by atoms with E-state index < -0.39 is 10.8 Å². The lowest BCUT2D eigenvalue weighted by Gasteiger charge is -2.10. The molecule has 0 heterocycles. The summed E-state index contributed by atoms with van der Waals surface area (Å²) in [6.45, 7) is 3.56. The van der Waals surface area contributed by atoms with Gasteiger partial charge in [0.25, 0.3) is 5.69 Å². The van der Waals surface area contributed by atoms with Gasteiger partial charge in [-0.3, -0.25) is 10.1 Å². The van der Waals surface area contributed by atoms with Crippen molar-refractivity contribution in [2.24, 2.45) is 0 Å². The molecule has 0 saturated heterocycles. The van der Waals surface area contributed by atoms with Crippen LogP contribution in [-0.4, -0.2) is 16.6 Å². The molecule has 1 unspecified atom stereocenters. The normalized spacial score (nSPS) is 17.1. The van der Waals surface area contributed by atoms with E-state index in [0.717, 1.165) is 18.4 Å². The smallest absolute Gasteiger partial charge is 0.272 e. The Morgan fingerprint density at radius 1 is 1.56 bits per heavy atom. The molecule has 1 aromatic carbocycles. The Kier molecular flexibility index (Phi) is 2.92.